The fraction of sp³-hybridized carbons (Fsp3) is 0.625. The molecule has 1 atom stereocenters. The minimum atomic E-state index is -0.239. The smallest absolute Gasteiger partial charge is 0.303 e. The molecule has 0 spiro atoms. The highest BCUT2D eigenvalue weighted by atomic mass is 16.5. The first-order valence-corrected chi connectivity index (χ1v) is 3.74. The lowest BCUT2D eigenvalue weighted by molar-refractivity contribution is -0.144. The molecule has 0 saturated carbocycles. The van der Waals surface area contributed by atoms with Crippen molar-refractivity contribution in [3.8, 4) is 0 Å². The maximum absolute atomic E-state index is 10.5. The number of hydrogen-bond donors (Lipinski definition) is 0. The molecule has 0 aromatic heterocycles. The zero-order valence-electron chi connectivity index (χ0n) is 6.75. The van der Waals surface area contributed by atoms with Gasteiger partial charge in [-0.2, -0.15) is 0 Å². The third-order valence-corrected chi connectivity index (χ3v) is 1.56. The highest BCUT2D eigenvalue weighted by molar-refractivity contribution is 5.66. The minimum absolute atomic E-state index is 0.130. The molecule has 11 heavy (non-hydrogen) atoms. The molecule has 1 rings (SSSR count). The van der Waals surface area contributed by atoms with Crippen molar-refractivity contribution in [2.24, 2.45) is 0 Å². The summed E-state index contributed by atoms with van der Waals surface area (Å²) in [6, 6.07) is 0. The summed E-state index contributed by atoms with van der Waals surface area (Å²) in [6.45, 7) is 8.03. The predicted octanol–water partition coefficient (Wildman–Crippen LogP) is 0.420. The van der Waals surface area contributed by atoms with Crippen LogP contribution in [0.1, 0.15) is 6.92 Å². The molecular weight excluding hydrogens is 142 g/mol. The zero-order valence-corrected chi connectivity index (χ0v) is 6.75. The van der Waals surface area contributed by atoms with Crippen LogP contribution in [0.5, 0.6) is 0 Å². The molecule has 0 radical (unpaired) electrons. The normalized spacial score (nSPS) is 19.0. The molecule has 1 saturated heterocycles. The van der Waals surface area contributed by atoms with Gasteiger partial charge in [-0.1, -0.05) is 12.7 Å². The van der Waals surface area contributed by atoms with Crippen LogP contribution in [-0.4, -0.2) is 36.6 Å². The molecule has 0 aromatic rings. The predicted molar refractivity (Wildman–Crippen MR) is 42.2 cm³/mol. The van der Waals surface area contributed by atoms with Crippen molar-refractivity contribution in [1.82, 2.24) is 4.90 Å². The lowest BCUT2D eigenvalue weighted by Crippen LogP contribution is -2.22. The van der Waals surface area contributed by atoms with Gasteiger partial charge in [0.2, 0.25) is 0 Å². The SMILES string of the molecule is C=CC(CN1CC1)OC(C)=O. The molecule has 1 heterocycles. The van der Waals surface area contributed by atoms with Gasteiger partial charge in [0.1, 0.15) is 6.10 Å². The average molecular weight is 155 g/mol. The van der Waals surface area contributed by atoms with Crippen LogP contribution in [0.15, 0.2) is 12.7 Å². The van der Waals surface area contributed by atoms with Crippen molar-refractivity contribution >= 4 is 5.97 Å². The van der Waals surface area contributed by atoms with Crippen LogP contribution in [0.3, 0.4) is 0 Å². The van der Waals surface area contributed by atoms with Crippen molar-refractivity contribution in [2.75, 3.05) is 19.6 Å². The zero-order chi connectivity index (χ0) is 8.27. The first kappa shape index (κ1) is 8.27. The molecule has 1 aliphatic heterocycles. The quantitative estimate of drug-likeness (QED) is 0.335. The van der Waals surface area contributed by atoms with Crippen LogP contribution < -0.4 is 0 Å². The summed E-state index contributed by atoms with van der Waals surface area (Å²) >= 11 is 0. The Kier molecular flexibility index (Phi) is 2.65. The molecule has 3 heteroatoms. The van der Waals surface area contributed by atoms with Crippen molar-refractivity contribution in [2.45, 2.75) is 13.0 Å². The lowest BCUT2D eigenvalue weighted by Gasteiger charge is -2.12. The number of hydrogen-bond acceptors (Lipinski definition) is 3. The summed E-state index contributed by atoms with van der Waals surface area (Å²) in [4.78, 5) is 12.7. The topological polar surface area (TPSA) is 29.3 Å². The number of rotatable bonds is 4. The first-order valence-electron chi connectivity index (χ1n) is 3.74. The van der Waals surface area contributed by atoms with E-state index in [1.54, 1.807) is 6.08 Å². The molecule has 62 valence electrons. The Labute approximate surface area is 66.6 Å². The fourth-order valence-electron chi connectivity index (χ4n) is 0.881. The van der Waals surface area contributed by atoms with E-state index in [0.29, 0.717) is 0 Å². The molecule has 1 unspecified atom stereocenters. The van der Waals surface area contributed by atoms with E-state index in [1.165, 1.54) is 6.92 Å². The Bertz CT molecular complexity index is 163. The third kappa shape index (κ3) is 3.18. The molecule has 0 aromatic carbocycles. The molecule has 3 nitrogen and oxygen atoms in total. The van der Waals surface area contributed by atoms with E-state index in [0.717, 1.165) is 19.6 Å². The highest BCUT2D eigenvalue weighted by Gasteiger charge is 2.21. The maximum Gasteiger partial charge on any atom is 0.303 e. The van der Waals surface area contributed by atoms with Gasteiger partial charge in [-0.25, -0.2) is 0 Å². The van der Waals surface area contributed by atoms with Crippen LogP contribution in [-0.2, 0) is 9.53 Å². The van der Waals surface area contributed by atoms with Gasteiger partial charge in [0.25, 0.3) is 0 Å². The van der Waals surface area contributed by atoms with Gasteiger partial charge in [-0.3, -0.25) is 9.69 Å². The Balaban J connectivity index is 2.22. The highest BCUT2D eigenvalue weighted by Crippen LogP contribution is 2.07. The van der Waals surface area contributed by atoms with E-state index in [1.807, 2.05) is 0 Å². The second-order valence-corrected chi connectivity index (χ2v) is 2.68. The number of ether oxygens (including phenoxy) is 1. The van der Waals surface area contributed by atoms with Crippen molar-refractivity contribution in [3.63, 3.8) is 0 Å². The molecular formula is C8H13NO2. The fourth-order valence-corrected chi connectivity index (χ4v) is 0.881. The molecule has 0 bridgehead atoms. The van der Waals surface area contributed by atoms with Crippen LogP contribution in [0, 0.1) is 0 Å². The lowest BCUT2D eigenvalue weighted by atomic mass is 10.3. The van der Waals surface area contributed by atoms with Gasteiger partial charge < -0.3 is 4.74 Å². The Morgan fingerprint density at radius 3 is 2.82 bits per heavy atom. The molecule has 0 amide bonds. The van der Waals surface area contributed by atoms with Gasteiger partial charge >= 0.3 is 5.97 Å². The summed E-state index contributed by atoms with van der Waals surface area (Å²) in [7, 11) is 0. The molecule has 1 fully saturated rings. The average Bonchev–Trinajstić information content (AvgIpc) is 2.69. The van der Waals surface area contributed by atoms with Crippen LogP contribution in [0.4, 0.5) is 0 Å². The van der Waals surface area contributed by atoms with Crippen LogP contribution in [0.25, 0.3) is 0 Å². The van der Waals surface area contributed by atoms with E-state index in [4.69, 9.17) is 4.74 Å². The van der Waals surface area contributed by atoms with E-state index in [2.05, 4.69) is 11.5 Å². The maximum atomic E-state index is 10.5. The Morgan fingerprint density at radius 1 is 1.82 bits per heavy atom. The van der Waals surface area contributed by atoms with E-state index >= 15 is 0 Å². The third-order valence-electron chi connectivity index (χ3n) is 1.56. The second-order valence-electron chi connectivity index (χ2n) is 2.68. The van der Waals surface area contributed by atoms with Crippen LogP contribution >= 0.6 is 0 Å². The van der Waals surface area contributed by atoms with Gasteiger partial charge in [0.05, 0.1) is 0 Å². The monoisotopic (exact) mass is 155 g/mol. The van der Waals surface area contributed by atoms with Crippen LogP contribution in [0.2, 0.25) is 0 Å². The summed E-state index contributed by atoms with van der Waals surface area (Å²) in [5.74, 6) is -0.239. The summed E-state index contributed by atoms with van der Waals surface area (Å²) in [5.41, 5.74) is 0. The molecule has 1 aliphatic rings. The first-order chi connectivity index (χ1) is 5.22. The van der Waals surface area contributed by atoms with Gasteiger partial charge in [-0.05, 0) is 0 Å². The van der Waals surface area contributed by atoms with E-state index in [9.17, 15) is 4.79 Å². The number of nitrogens with zero attached hydrogens (tertiary/aromatic N) is 1. The number of esters is 1. The van der Waals surface area contributed by atoms with Gasteiger partial charge in [0.15, 0.2) is 0 Å². The Hall–Kier alpha value is -0.830. The number of carbonyl (C=O) groups excluding carboxylic acids is 1. The summed E-state index contributed by atoms with van der Waals surface area (Å²) in [6.07, 6.45) is 1.54. The number of carbonyl (C=O) groups is 1. The Morgan fingerprint density at radius 2 is 2.45 bits per heavy atom. The summed E-state index contributed by atoms with van der Waals surface area (Å²) in [5, 5.41) is 0. The van der Waals surface area contributed by atoms with E-state index in [-0.39, 0.29) is 12.1 Å². The van der Waals surface area contributed by atoms with Crippen molar-refractivity contribution in [3.05, 3.63) is 12.7 Å². The second kappa shape index (κ2) is 3.53. The summed E-state index contributed by atoms with van der Waals surface area (Å²) < 4.78 is 4.95. The van der Waals surface area contributed by atoms with Crippen molar-refractivity contribution < 1.29 is 9.53 Å². The molecule has 0 N–H and O–H groups in total. The van der Waals surface area contributed by atoms with Gasteiger partial charge in [0, 0.05) is 26.6 Å². The minimum Gasteiger partial charge on any atom is -0.457 e. The van der Waals surface area contributed by atoms with Crippen molar-refractivity contribution in [1.29, 1.82) is 0 Å². The largest absolute Gasteiger partial charge is 0.457 e. The van der Waals surface area contributed by atoms with E-state index < -0.39 is 0 Å². The molecule has 0 aliphatic carbocycles. The van der Waals surface area contributed by atoms with Gasteiger partial charge in [-0.15, -0.1) is 0 Å². The standard InChI is InChI=1S/C8H13NO2/c1-3-8(11-7(2)10)6-9-4-5-9/h3,8H,1,4-6H2,2H3.